The molecule has 3 heteroatoms. The van der Waals surface area contributed by atoms with Gasteiger partial charge in [-0.2, -0.15) is 0 Å². The lowest BCUT2D eigenvalue weighted by Gasteiger charge is -2.59. The normalized spacial score (nSPS) is 48.3. The minimum atomic E-state index is 0.322. The van der Waals surface area contributed by atoms with Crippen LogP contribution in [0.25, 0.3) is 0 Å². The van der Waals surface area contributed by atoms with E-state index in [0.717, 1.165) is 28.8 Å². The van der Waals surface area contributed by atoms with E-state index in [1.807, 2.05) is 0 Å². The molecular formula is C20H30N2S. The van der Waals surface area contributed by atoms with E-state index in [-0.39, 0.29) is 0 Å². The second-order valence-corrected chi connectivity index (χ2v) is 10.5. The van der Waals surface area contributed by atoms with Gasteiger partial charge in [-0.05, 0) is 74.0 Å². The molecule has 2 nitrogen and oxygen atoms in total. The monoisotopic (exact) mass is 330 g/mol. The van der Waals surface area contributed by atoms with E-state index in [1.54, 1.807) is 11.3 Å². The highest BCUT2D eigenvalue weighted by atomic mass is 32.1. The van der Waals surface area contributed by atoms with Crippen LogP contribution in [0.3, 0.4) is 0 Å². The summed E-state index contributed by atoms with van der Waals surface area (Å²) in [5.74, 6) is 3.78. The lowest BCUT2D eigenvalue weighted by molar-refractivity contribution is -0.0907. The van der Waals surface area contributed by atoms with Crippen molar-refractivity contribution in [2.75, 3.05) is 5.73 Å². The molecule has 23 heavy (non-hydrogen) atoms. The number of fused-ring (bicyclic) bond motifs is 7. The number of nitrogens with zero attached hydrogens (tertiary/aromatic N) is 1. The molecule has 3 saturated carbocycles. The molecule has 1 aromatic heterocycles. The molecule has 4 aliphatic rings. The number of hydrogen-bond donors (Lipinski definition) is 1. The van der Waals surface area contributed by atoms with Crippen molar-refractivity contribution in [2.24, 2.45) is 29.1 Å². The van der Waals surface area contributed by atoms with Gasteiger partial charge in [0.25, 0.3) is 0 Å². The predicted octanol–water partition coefficient (Wildman–Crippen LogP) is 5.17. The smallest absolute Gasteiger partial charge is 0.180 e. The summed E-state index contributed by atoms with van der Waals surface area (Å²) in [5.41, 5.74) is 8.37. The third-order valence-electron chi connectivity index (χ3n) is 8.63. The van der Waals surface area contributed by atoms with Crippen LogP contribution >= 0.6 is 11.3 Å². The topological polar surface area (TPSA) is 38.9 Å². The molecule has 0 spiro atoms. The summed E-state index contributed by atoms with van der Waals surface area (Å²) in [7, 11) is 0. The molecule has 5 rings (SSSR count). The van der Waals surface area contributed by atoms with Crippen LogP contribution in [0.5, 0.6) is 0 Å². The van der Waals surface area contributed by atoms with Gasteiger partial charge in [-0.3, -0.25) is 0 Å². The fourth-order valence-electron chi connectivity index (χ4n) is 7.44. The van der Waals surface area contributed by atoms with Gasteiger partial charge in [-0.25, -0.2) is 4.98 Å². The Morgan fingerprint density at radius 2 is 1.91 bits per heavy atom. The molecule has 6 atom stereocenters. The lowest BCUT2D eigenvalue weighted by Crippen LogP contribution is -2.53. The lowest BCUT2D eigenvalue weighted by atomic mass is 9.45. The maximum Gasteiger partial charge on any atom is 0.180 e. The molecule has 1 aromatic rings. The SMILES string of the molecule is C[C@]12CCCC[C@H]1CC[C@H]1[C@H]2CC[C@]2(C)c3nc(N)sc3C[C@H]12. The highest BCUT2D eigenvalue weighted by Crippen LogP contribution is 2.65. The molecule has 0 aromatic carbocycles. The molecule has 3 fully saturated rings. The summed E-state index contributed by atoms with van der Waals surface area (Å²) < 4.78 is 0. The van der Waals surface area contributed by atoms with E-state index < -0.39 is 0 Å². The van der Waals surface area contributed by atoms with E-state index >= 15 is 0 Å². The minimum Gasteiger partial charge on any atom is -0.375 e. The zero-order valence-electron chi connectivity index (χ0n) is 14.6. The Balaban J connectivity index is 1.51. The molecule has 1 heterocycles. The van der Waals surface area contributed by atoms with Gasteiger partial charge in [0.05, 0.1) is 5.69 Å². The fraction of sp³-hybridized carbons (Fsp3) is 0.850. The van der Waals surface area contributed by atoms with Gasteiger partial charge in [0.15, 0.2) is 5.13 Å². The van der Waals surface area contributed by atoms with Gasteiger partial charge in [0.2, 0.25) is 0 Å². The Hall–Kier alpha value is -0.570. The third-order valence-corrected chi connectivity index (χ3v) is 9.54. The Bertz CT molecular complexity index is 638. The van der Waals surface area contributed by atoms with Crippen molar-refractivity contribution in [3.63, 3.8) is 0 Å². The molecule has 0 bridgehead atoms. The van der Waals surface area contributed by atoms with Crippen LogP contribution in [0.1, 0.15) is 75.8 Å². The molecule has 0 radical (unpaired) electrons. The van der Waals surface area contributed by atoms with Gasteiger partial charge in [0.1, 0.15) is 0 Å². The molecule has 126 valence electrons. The molecule has 0 aliphatic heterocycles. The van der Waals surface area contributed by atoms with Crippen molar-refractivity contribution in [3.05, 3.63) is 10.6 Å². The molecule has 0 unspecified atom stereocenters. The summed E-state index contributed by atoms with van der Waals surface area (Å²) in [5, 5.41) is 0.791. The average molecular weight is 331 g/mol. The van der Waals surface area contributed by atoms with Crippen molar-refractivity contribution in [3.8, 4) is 0 Å². The first-order valence-electron chi connectivity index (χ1n) is 9.78. The van der Waals surface area contributed by atoms with E-state index in [2.05, 4.69) is 13.8 Å². The van der Waals surface area contributed by atoms with Gasteiger partial charge in [-0.15, -0.1) is 11.3 Å². The van der Waals surface area contributed by atoms with Gasteiger partial charge >= 0.3 is 0 Å². The first-order chi connectivity index (χ1) is 11.0. The second-order valence-electron chi connectivity index (χ2n) is 9.39. The number of nitrogens with two attached hydrogens (primary N) is 1. The fourth-order valence-corrected chi connectivity index (χ4v) is 8.47. The number of thiazole rings is 1. The molecule has 2 N–H and O–H groups in total. The summed E-state index contributed by atoms with van der Waals surface area (Å²) in [6, 6.07) is 0. The summed E-state index contributed by atoms with van der Waals surface area (Å²) >= 11 is 1.77. The summed E-state index contributed by atoms with van der Waals surface area (Å²) in [4.78, 5) is 6.30. The first-order valence-corrected chi connectivity index (χ1v) is 10.6. The Morgan fingerprint density at radius 3 is 2.78 bits per heavy atom. The zero-order valence-corrected chi connectivity index (χ0v) is 15.4. The van der Waals surface area contributed by atoms with E-state index in [1.165, 1.54) is 68.4 Å². The van der Waals surface area contributed by atoms with Crippen molar-refractivity contribution in [2.45, 2.75) is 77.0 Å². The van der Waals surface area contributed by atoms with Crippen molar-refractivity contribution >= 4 is 16.5 Å². The maximum absolute atomic E-state index is 6.02. The van der Waals surface area contributed by atoms with E-state index in [0.29, 0.717) is 10.8 Å². The van der Waals surface area contributed by atoms with E-state index in [9.17, 15) is 0 Å². The Labute approximate surface area is 144 Å². The number of hydrogen-bond acceptors (Lipinski definition) is 3. The summed E-state index contributed by atoms with van der Waals surface area (Å²) in [6.07, 6.45) is 13.0. The van der Waals surface area contributed by atoms with Crippen molar-refractivity contribution < 1.29 is 0 Å². The Kier molecular flexibility index (Phi) is 3.04. The molecular weight excluding hydrogens is 300 g/mol. The number of anilines is 1. The van der Waals surface area contributed by atoms with Crippen LogP contribution in [0, 0.1) is 29.1 Å². The minimum absolute atomic E-state index is 0.322. The molecule has 0 amide bonds. The maximum atomic E-state index is 6.02. The third kappa shape index (κ3) is 1.83. The first kappa shape index (κ1) is 14.7. The quantitative estimate of drug-likeness (QED) is 0.712. The van der Waals surface area contributed by atoms with E-state index in [4.69, 9.17) is 10.7 Å². The predicted molar refractivity (Wildman–Crippen MR) is 96.6 cm³/mol. The second kappa shape index (κ2) is 4.74. The molecule has 0 saturated heterocycles. The van der Waals surface area contributed by atoms with Gasteiger partial charge < -0.3 is 5.73 Å². The zero-order chi connectivity index (χ0) is 15.8. The van der Waals surface area contributed by atoms with Crippen molar-refractivity contribution in [1.82, 2.24) is 4.98 Å². The van der Waals surface area contributed by atoms with Gasteiger partial charge in [-0.1, -0.05) is 26.7 Å². The largest absolute Gasteiger partial charge is 0.375 e. The highest BCUT2D eigenvalue weighted by molar-refractivity contribution is 7.15. The highest BCUT2D eigenvalue weighted by Gasteiger charge is 2.59. The van der Waals surface area contributed by atoms with Crippen LogP contribution in [0.4, 0.5) is 5.13 Å². The summed E-state index contributed by atoms with van der Waals surface area (Å²) in [6.45, 7) is 5.17. The van der Waals surface area contributed by atoms with Crippen LogP contribution in [0.15, 0.2) is 0 Å². The van der Waals surface area contributed by atoms with Crippen LogP contribution < -0.4 is 5.73 Å². The standard InChI is InChI=1S/C20H30N2S/c1-19-9-4-3-5-12(19)6-7-13-14(19)8-10-20(2)15(13)11-16-17(20)22-18(21)23-16/h12-15H,3-11H2,1-2H3,(H2,21,22)/t12-,13-,14+,15+,19-,20-/m0/s1. The average Bonchev–Trinajstić information content (AvgIpc) is 3.02. The number of nitrogen functional groups attached to an aromatic ring is 1. The number of aromatic nitrogens is 1. The Morgan fingerprint density at radius 1 is 1.04 bits per heavy atom. The van der Waals surface area contributed by atoms with Crippen LogP contribution in [-0.2, 0) is 11.8 Å². The number of rotatable bonds is 0. The van der Waals surface area contributed by atoms with Crippen LogP contribution in [0.2, 0.25) is 0 Å². The van der Waals surface area contributed by atoms with Gasteiger partial charge in [0, 0.05) is 10.3 Å². The van der Waals surface area contributed by atoms with Crippen LogP contribution in [-0.4, -0.2) is 4.98 Å². The molecule has 4 aliphatic carbocycles. The van der Waals surface area contributed by atoms with Crippen molar-refractivity contribution in [1.29, 1.82) is 0 Å².